The largest absolute Gasteiger partial charge is 0.481 e. The Balaban J connectivity index is 2.67. The van der Waals surface area contributed by atoms with Gasteiger partial charge in [-0.25, -0.2) is 0 Å². The number of carboxylic acids is 1. The van der Waals surface area contributed by atoms with Crippen LogP contribution in [0.4, 0.5) is 0 Å². The number of allylic oxidation sites excluding steroid dienone is 4. The zero-order chi connectivity index (χ0) is 15.8. The van der Waals surface area contributed by atoms with Gasteiger partial charge in [-0.05, 0) is 30.9 Å². The van der Waals surface area contributed by atoms with Gasteiger partial charge in [-0.3, -0.25) is 4.79 Å². The van der Waals surface area contributed by atoms with Crippen LogP contribution in [0.3, 0.4) is 0 Å². The van der Waals surface area contributed by atoms with Gasteiger partial charge >= 0.3 is 5.97 Å². The van der Waals surface area contributed by atoms with Crippen LogP contribution < -0.4 is 0 Å². The highest BCUT2D eigenvalue weighted by atomic mass is 16.4. The van der Waals surface area contributed by atoms with Gasteiger partial charge in [0.05, 0.1) is 5.41 Å². The van der Waals surface area contributed by atoms with Gasteiger partial charge in [0.2, 0.25) is 0 Å². The fourth-order valence-electron chi connectivity index (χ4n) is 3.55. The molecule has 0 amide bonds. The van der Waals surface area contributed by atoms with Crippen molar-refractivity contribution in [2.24, 2.45) is 17.3 Å². The second kappa shape index (κ2) is 4.78. The minimum absolute atomic E-state index is 0.0514. The number of fused-ring (bicyclic) bond motifs is 2. The van der Waals surface area contributed by atoms with E-state index in [1.165, 1.54) is 0 Å². The van der Waals surface area contributed by atoms with Crippen LogP contribution in [0.15, 0.2) is 22.3 Å². The highest BCUT2D eigenvalue weighted by molar-refractivity contribution is 5.79. The molecule has 2 unspecified atom stereocenters. The fourth-order valence-corrected chi connectivity index (χ4v) is 3.55. The van der Waals surface area contributed by atoms with Crippen LogP contribution in [0.5, 0.6) is 0 Å². The summed E-state index contributed by atoms with van der Waals surface area (Å²) in [5, 5.41) is 45.6. The van der Waals surface area contributed by atoms with E-state index < -0.39 is 23.2 Å². The first-order chi connectivity index (χ1) is 9.95. The van der Waals surface area contributed by atoms with Crippen molar-refractivity contribution in [3.63, 3.8) is 0 Å². The molecule has 2 saturated carbocycles. The molecule has 6 heteroatoms. The summed E-state index contributed by atoms with van der Waals surface area (Å²) in [6, 6.07) is 7.23. The highest BCUT2D eigenvalue weighted by Gasteiger charge is 2.62. The number of nitrogens with zero attached hydrogens (tertiary/aromatic N) is 4. The van der Waals surface area contributed by atoms with E-state index in [1.54, 1.807) is 31.2 Å². The monoisotopic (exact) mass is 278 g/mol. The van der Waals surface area contributed by atoms with Gasteiger partial charge in [0.25, 0.3) is 0 Å². The molecule has 0 aromatic heterocycles. The number of aliphatic carboxylic acids is 1. The first-order valence-corrected chi connectivity index (χ1v) is 6.25. The van der Waals surface area contributed by atoms with Crippen molar-refractivity contribution in [1.82, 2.24) is 0 Å². The van der Waals surface area contributed by atoms with Crippen LogP contribution in [0.2, 0.25) is 0 Å². The molecule has 2 fully saturated rings. The lowest BCUT2D eigenvalue weighted by atomic mass is 9.78. The molecule has 0 heterocycles. The normalized spacial score (nSPS) is 29.0. The van der Waals surface area contributed by atoms with Crippen molar-refractivity contribution in [2.75, 3.05) is 0 Å². The lowest BCUT2D eigenvalue weighted by Gasteiger charge is -2.23. The van der Waals surface area contributed by atoms with E-state index >= 15 is 0 Å². The third kappa shape index (κ3) is 1.71. The number of hydrogen-bond donors (Lipinski definition) is 1. The second-order valence-corrected chi connectivity index (χ2v) is 5.35. The summed E-state index contributed by atoms with van der Waals surface area (Å²) < 4.78 is 0. The molecule has 6 nitrogen and oxygen atoms in total. The minimum atomic E-state index is -1.18. The van der Waals surface area contributed by atoms with Crippen molar-refractivity contribution < 1.29 is 9.90 Å². The van der Waals surface area contributed by atoms with Gasteiger partial charge in [0.15, 0.2) is 0 Å². The fraction of sp³-hybridized carbons (Fsp3) is 0.400. The molecule has 2 bridgehead atoms. The summed E-state index contributed by atoms with van der Waals surface area (Å²) in [5.41, 5.74) is -0.209. The first-order valence-electron chi connectivity index (χ1n) is 6.25. The van der Waals surface area contributed by atoms with Crippen LogP contribution in [-0.2, 0) is 4.79 Å². The van der Waals surface area contributed by atoms with E-state index in [9.17, 15) is 9.90 Å². The van der Waals surface area contributed by atoms with Crippen LogP contribution in [-0.4, -0.2) is 11.1 Å². The predicted molar refractivity (Wildman–Crippen MR) is 68.5 cm³/mol. The van der Waals surface area contributed by atoms with E-state index in [4.69, 9.17) is 21.0 Å². The maximum absolute atomic E-state index is 11.7. The SMILES string of the molecule is CC1(C(=O)O)C2CC(=C(C#N)C#N)C1CC2=C(C#N)C#N. The van der Waals surface area contributed by atoms with Crippen molar-refractivity contribution in [3.05, 3.63) is 22.3 Å². The Hall–Kier alpha value is -3.09. The van der Waals surface area contributed by atoms with E-state index in [-0.39, 0.29) is 24.0 Å². The predicted octanol–water partition coefficient (Wildman–Crippen LogP) is 1.80. The Morgan fingerprint density at radius 3 is 1.57 bits per heavy atom. The summed E-state index contributed by atoms with van der Waals surface area (Å²) in [5.74, 6) is -2.06. The Bertz CT molecular complexity index is 673. The zero-order valence-corrected chi connectivity index (χ0v) is 11.2. The van der Waals surface area contributed by atoms with Crippen LogP contribution in [0.25, 0.3) is 0 Å². The maximum Gasteiger partial charge on any atom is 0.310 e. The summed E-state index contributed by atoms with van der Waals surface area (Å²) >= 11 is 0. The van der Waals surface area contributed by atoms with Crippen molar-refractivity contribution in [3.8, 4) is 24.3 Å². The molecule has 0 aliphatic heterocycles. The van der Waals surface area contributed by atoms with Gasteiger partial charge in [0.1, 0.15) is 35.4 Å². The lowest BCUT2D eigenvalue weighted by molar-refractivity contribution is -0.150. The second-order valence-electron chi connectivity index (χ2n) is 5.35. The Morgan fingerprint density at radius 2 is 1.33 bits per heavy atom. The maximum atomic E-state index is 11.7. The van der Waals surface area contributed by atoms with E-state index in [2.05, 4.69) is 0 Å². The molecule has 1 N–H and O–H groups in total. The summed E-state index contributed by atoms with van der Waals surface area (Å²) in [6.07, 6.45) is 0.484. The average molecular weight is 278 g/mol. The number of carboxylic acid groups (broad SMARTS) is 1. The molecule has 0 saturated heterocycles. The molecule has 102 valence electrons. The summed E-state index contributed by atoms with van der Waals surface area (Å²) in [6.45, 7) is 1.56. The summed E-state index contributed by atoms with van der Waals surface area (Å²) in [4.78, 5) is 11.7. The van der Waals surface area contributed by atoms with Gasteiger partial charge in [0, 0.05) is 11.8 Å². The number of carbonyl (C=O) groups is 1. The smallest absolute Gasteiger partial charge is 0.310 e. The van der Waals surface area contributed by atoms with E-state index in [0.717, 1.165) is 0 Å². The van der Waals surface area contributed by atoms with Crippen LogP contribution >= 0.6 is 0 Å². The Kier molecular flexibility index (Phi) is 3.26. The van der Waals surface area contributed by atoms with E-state index in [0.29, 0.717) is 11.1 Å². The number of hydrogen-bond acceptors (Lipinski definition) is 5. The Morgan fingerprint density at radius 1 is 1.00 bits per heavy atom. The molecule has 0 aromatic carbocycles. The average Bonchev–Trinajstić information content (AvgIpc) is 2.92. The van der Waals surface area contributed by atoms with Crippen molar-refractivity contribution in [1.29, 1.82) is 21.0 Å². The van der Waals surface area contributed by atoms with Crippen LogP contribution in [0.1, 0.15) is 19.8 Å². The first kappa shape index (κ1) is 14.3. The lowest BCUT2D eigenvalue weighted by Crippen LogP contribution is -2.32. The zero-order valence-electron chi connectivity index (χ0n) is 11.2. The molecule has 0 spiro atoms. The Labute approximate surface area is 121 Å². The van der Waals surface area contributed by atoms with Gasteiger partial charge in [-0.15, -0.1) is 0 Å². The quantitative estimate of drug-likeness (QED) is 0.727. The van der Waals surface area contributed by atoms with Crippen molar-refractivity contribution >= 4 is 5.97 Å². The van der Waals surface area contributed by atoms with Gasteiger partial charge in [-0.2, -0.15) is 21.0 Å². The minimum Gasteiger partial charge on any atom is -0.481 e. The molecule has 2 aliphatic carbocycles. The molecular weight excluding hydrogens is 268 g/mol. The molecule has 0 aromatic rings. The molecule has 0 radical (unpaired) electrons. The highest BCUT2D eigenvalue weighted by Crippen LogP contribution is 2.63. The van der Waals surface area contributed by atoms with Crippen molar-refractivity contribution in [2.45, 2.75) is 19.8 Å². The standard InChI is InChI=1S/C15H10N4O2/c1-15(14(20)21)12-2-10(8(4-16)5-17)13(15)3-11(12)9(6-18)7-19/h12-13H,2-3H2,1H3,(H,20,21). The number of nitriles is 4. The topological polar surface area (TPSA) is 132 Å². The summed E-state index contributed by atoms with van der Waals surface area (Å²) in [7, 11) is 0. The third-order valence-electron chi connectivity index (χ3n) is 4.69. The molecule has 2 aliphatic rings. The van der Waals surface area contributed by atoms with Gasteiger partial charge < -0.3 is 5.11 Å². The molecule has 2 atom stereocenters. The molecule has 21 heavy (non-hydrogen) atoms. The van der Waals surface area contributed by atoms with E-state index in [1.807, 2.05) is 0 Å². The van der Waals surface area contributed by atoms with Crippen LogP contribution in [0, 0.1) is 62.6 Å². The number of rotatable bonds is 1. The molecular formula is C15H10N4O2. The third-order valence-corrected chi connectivity index (χ3v) is 4.69. The molecule has 2 rings (SSSR count). The van der Waals surface area contributed by atoms with Gasteiger partial charge in [-0.1, -0.05) is 0 Å².